The Morgan fingerprint density at radius 3 is 2.69 bits per heavy atom. The highest BCUT2D eigenvalue weighted by Gasteiger charge is 2.27. The van der Waals surface area contributed by atoms with E-state index < -0.39 is 0 Å². The van der Waals surface area contributed by atoms with Crippen LogP contribution in [0.15, 0.2) is 45.6 Å². The molecule has 4 nitrogen and oxygen atoms in total. The maximum Gasteiger partial charge on any atom is 0.362 e. The number of fused-ring (bicyclic) bond motifs is 2. The second-order valence-electron chi connectivity index (χ2n) is 7.04. The second kappa shape index (κ2) is 6.13. The molecule has 1 aromatic heterocycles. The standard InChI is InChI=1S/C22H20N2O2/c25-22-18(11-10-15-6-2-1-3-7-15)23-19-14-16-8-4-12-24-13-5-9-17(20(16)24)21(19)26-22/h1-3,6-7,10-11,14H,4-5,8-9,12-13H2/b11-10+. The molecule has 2 aliphatic heterocycles. The van der Waals surface area contributed by atoms with Crippen molar-refractivity contribution in [1.29, 1.82) is 0 Å². The van der Waals surface area contributed by atoms with Gasteiger partial charge in [-0.1, -0.05) is 36.4 Å². The van der Waals surface area contributed by atoms with E-state index in [1.807, 2.05) is 36.4 Å². The Morgan fingerprint density at radius 2 is 1.85 bits per heavy atom. The summed E-state index contributed by atoms with van der Waals surface area (Å²) in [6.45, 7) is 2.20. The smallest absolute Gasteiger partial charge is 0.362 e. The fourth-order valence-electron chi connectivity index (χ4n) is 4.18. The molecule has 4 heteroatoms. The highest BCUT2D eigenvalue weighted by atomic mass is 16.4. The van der Waals surface area contributed by atoms with E-state index in [0.29, 0.717) is 11.3 Å². The van der Waals surface area contributed by atoms with Crippen LogP contribution in [0, 0.1) is 0 Å². The van der Waals surface area contributed by atoms with E-state index in [1.165, 1.54) is 23.2 Å². The van der Waals surface area contributed by atoms with Crippen molar-refractivity contribution in [3.8, 4) is 0 Å². The molecule has 0 saturated heterocycles. The number of anilines is 1. The predicted octanol–water partition coefficient (Wildman–Crippen LogP) is 4.06. The fraction of sp³-hybridized carbons (Fsp3) is 0.273. The van der Waals surface area contributed by atoms with Crippen LogP contribution in [0.1, 0.15) is 35.2 Å². The minimum atomic E-state index is -0.367. The van der Waals surface area contributed by atoms with Gasteiger partial charge < -0.3 is 9.32 Å². The third kappa shape index (κ3) is 2.53. The first-order chi connectivity index (χ1) is 12.8. The molecule has 0 amide bonds. The van der Waals surface area contributed by atoms with E-state index in [1.54, 1.807) is 6.08 Å². The molecule has 0 N–H and O–H groups in total. The zero-order valence-electron chi connectivity index (χ0n) is 14.6. The Hall–Kier alpha value is -2.88. The van der Waals surface area contributed by atoms with E-state index in [9.17, 15) is 4.79 Å². The maximum absolute atomic E-state index is 12.5. The van der Waals surface area contributed by atoms with Gasteiger partial charge in [-0.2, -0.15) is 0 Å². The van der Waals surface area contributed by atoms with E-state index >= 15 is 0 Å². The molecule has 5 rings (SSSR count). The zero-order chi connectivity index (χ0) is 17.5. The molecule has 0 spiro atoms. The summed E-state index contributed by atoms with van der Waals surface area (Å²) >= 11 is 0. The predicted molar refractivity (Wildman–Crippen MR) is 105 cm³/mol. The Morgan fingerprint density at radius 1 is 1.04 bits per heavy atom. The van der Waals surface area contributed by atoms with Gasteiger partial charge in [-0.15, -0.1) is 0 Å². The van der Waals surface area contributed by atoms with Crippen molar-refractivity contribution in [3.63, 3.8) is 0 Å². The van der Waals surface area contributed by atoms with Crippen LogP contribution in [-0.2, 0) is 12.8 Å². The summed E-state index contributed by atoms with van der Waals surface area (Å²) in [5.74, 6) is 0. The molecule has 130 valence electrons. The molecule has 3 aromatic rings. The van der Waals surface area contributed by atoms with Gasteiger partial charge in [0.05, 0.1) is 0 Å². The monoisotopic (exact) mass is 344 g/mol. The molecule has 0 radical (unpaired) electrons. The summed E-state index contributed by atoms with van der Waals surface area (Å²) in [5, 5.41) is 0. The molecule has 0 unspecified atom stereocenters. The average molecular weight is 344 g/mol. The highest BCUT2D eigenvalue weighted by molar-refractivity contribution is 5.86. The molecular formula is C22H20N2O2. The molecular weight excluding hydrogens is 324 g/mol. The maximum atomic E-state index is 12.5. The van der Waals surface area contributed by atoms with Crippen molar-refractivity contribution >= 4 is 28.9 Å². The van der Waals surface area contributed by atoms with Gasteiger partial charge in [-0.3, -0.25) is 0 Å². The third-order valence-corrected chi connectivity index (χ3v) is 5.33. The van der Waals surface area contributed by atoms with Crippen LogP contribution >= 0.6 is 0 Å². The van der Waals surface area contributed by atoms with Crippen LogP contribution in [0.5, 0.6) is 0 Å². The topological polar surface area (TPSA) is 46.3 Å². The lowest BCUT2D eigenvalue weighted by atomic mass is 9.91. The van der Waals surface area contributed by atoms with Gasteiger partial charge in [0.2, 0.25) is 0 Å². The van der Waals surface area contributed by atoms with Crippen molar-refractivity contribution < 1.29 is 4.42 Å². The number of nitrogens with zero attached hydrogens (tertiary/aromatic N) is 2. The molecule has 2 aliphatic rings. The number of rotatable bonds is 2. The lowest BCUT2D eigenvalue weighted by Crippen LogP contribution is -2.34. The zero-order valence-corrected chi connectivity index (χ0v) is 14.6. The van der Waals surface area contributed by atoms with Crippen molar-refractivity contribution in [2.24, 2.45) is 0 Å². The third-order valence-electron chi connectivity index (χ3n) is 5.33. The van der Waals surface area contributed by atoms with Crippen molar-refractivity contribution in [1.82, 2.24) is 4.98 Å². The lowest BCUT2D eigenvalue weighted by Gasteiger charge is -2.36. The molecule has 3 heterocycles. The van der Waals surface area contributed by atoms with Crippen LogP contribution in [0.4, 0.5) is 5.69 Å². The summed E-state index contributed by atoms with van der Waals surface area (Å²) in [6, 6.07) is 12.0. The first-order valence-electron chi connectivity index (χ1n) is 9.27. The van der Waals surface area contributed by atoms with Crippen LogP contribution in [0.3, 0.4) is 0 Å². The van der Waals surface area contributed by atoms with E-state index in [0.717, 1.165) is 43.4 Å². The van der Waals surface area contributed by atoms with Crippen molar-refractivity contribution in [3.05, 3.63) is 69.2 Å². The van der Waals surface area contributed by atoms with Gasteiger partial charge in [-0.25, -0.2) is 9.78 Å². The first kappa shape index (κ1) is 15.4. The van der Waals surface area contributed by atoms with Crippen LogP contribution in [-0.4, -0.2) is 18.1 Å². The van der Waals surface area contributed by atoms with Crippen LogP contribution in [0.2, 0.25) is 0 Å². The van der Waals surface area contributed by atoms with E-state index in [4.69, 9.17) is 4.42 Å². The highest BCUT2D eigenvalue weighted by Crippen LogP contribution is 2.39. The minimum Gasteiger partial charge on any atom is -0.419 e. The molecule has 0 aliphatic carbocycles. The summed E-state index contributed by atoms with van der Waals surface area (Å²) in [6.07, 6.45) is 7.96. The van der Waals surface area contributed by atoms with Crippen LogP contribution < -0.4 is 10.5 Å². The summed E-state index contributed by atoms with van der Waals surface area (Å²) in [5.41, 5.74) is 6.32. The summed E-state index contributed by atoms with van der Waals surface area (Å²) < 4.78 is 5.76. The van der Waals surface area contributed by atoms with Gasteiger partial charge in [0.15, 0.2) is 5.58 Å². The number of hydrogen-bond donors (Lipinski definition) is 0. The van der Waals surface area contributed by atoms with Crippen molar-refractivity contribution in [2.75, 3.05) is 18.0 Å². The molecule has 0 atom stereocenters. The Kier molecular flexibility index (Phi) is 3.63. The first-order valence-corrected chi connectivity index (χ1v) is 9.27. The summed E-state index contributed by atoms with van der Waals surface area (Å²) in [7, 11) is 0. The number of aromatic nitrogens is 1. The van der Waals surface area contributed by atoms with Crippen LogP contribution in [0.25, 0.3) is 23.3 Å². The molecule has 0 bridgehead atoms. The van der Waals surface area contributed by atoms with Gasteiger partial charge >= 0.3 is 5.63 Å². The lowest BCUT2D eigenvalue weighted by molar-refractivity contribution is 0.542. The fourth-order valence-corrected chi connectivity index (χ4v) is 4.18. The number of benzene rings is 2. The van der Waals surface area contributed by atoms with Gasteiger partial charge in [0, 0.05) is 24.3 Å². The normalized spacial score (nSPS) is 16.2. The minimum absolute atomic E-state index is 0.358. The van der Waals surface area contributed by atoms with E-state index in [2.05, 4.69) is 16.0 Å². The van der Waals surface area contributed by atoms with E-state index in [-0.39, 0.29) is 5.63 Å². The Balaban J connectivity index is 1.65. The van der Waals surface area contributed by atoms with Gasteiger partial charge in [-0.05, 0) is 49.0 Å². The molecule has 26 heavy (non-hydrogen) atoms. The molecule has 0 saturated carbocycles. The summed E-state index contributed by atoms with van der Waals surface area (Å²) in [4.78, 5) is 19.6. The quantitative estimate of drug-likeness (QED) is 0.703. The van der Waals surface area contributed by atoms with Crippen molar-refractivity contribution in [2.45, 2.75) is 25.7 Å². The van der Waals surface area contributed by atoms with Gasteiger partial charge in [0.1, 0.15) is 11.2 Å². The number of aryl methyl sites for hydroxylation is 2. The molecule has 0 fully saturated rings. The largest absolute Gasteiger partial charge is 0.419 e. The second-order valence-corrected chi connectivity index (χ2v) is 7.04. The molecule has 2 aromatic carbocycles. The average Bonchev–Trinajstić information content (AvgIpc) is 2.68. The Bertz CT molecular complexity index is 1060. The van der Waals surface area contributed by atoms with Gasteiger partial charge in [0.25, 0.3) is 0 Å². The number of hydrogen-bond acceptors (Lipinski definition) is 4. The SMILES string of the molecule is O=c1oc2c3c4c(cc2nc1/C=C/c1ccccc1)CCCN4CCC3. The Labute approximate surface area is 151 Å².